The fourth-order valence-corrected chi connectivity index (χ4v) is 6.89. The van der Waals surface area contributed by atoms with Gasteiger partial charge >= 0.3 is 0 Å². The van der Waals surface area contributed by atoms with E-state index in [2.05, 4.69) is 6.92 Å². The Morgan fingerprint density at radius 2 is 1.92 bits per heavy atom. The number of rotatable bonds is 2. The molecule has 4 aliphatic rings. The molecule has 0 unspecified atom stereocenters. The lowest BCUT2D eigenvalue weighted by Gasteiger charge is -2.57. The van der Waals surface area contributed by atoms with Crippen molar-refractivity contribution in [1.82, 2.24) is 0 Å². The van der Waals surface area contributed by atoms with E-state index in [1.54, 1.807) is 6.08 Å². The molecule has 6 atom stereocenters. The van der Waals surface area contributed by atoms with Crippen LogP contribution in [0.4, 0.5) is 0 Å². The molecule has 0 aliphatic heterocycles. The summed E-state index contributed by atoms with van der Waals surface area (Å²) in [7, 11) is 0. The summed E-state index contributed by atoms with van der Waals surface area (Å²) in [6.07, 6.45) is 5.78. The molecule has 0 aromatic rings. The van der Waals surface area contributed by atoms with Gasteiger partial charge in [-0.25, -0.2) is 0 Å². The number of carbonyl (C=O) groups is 4. The zero-order valence-corrected chi connectivity index (χ0v) is 15.4. The van der Waals surface area contributed by atoms with Crippen molar-refractivity contribution in [2.24, 2.45) is 28.6 Å². The van der Waals surface area contributed by atoms with Gasteiger partial charge in [0, 0.05) is 24.2 Å². The van der Waals surface area contributed by atoms with Crippen LogP contribution in [-0.2, 0) is 19.2 Å². The van der Waals surface area contributed by atoms with Gasteiger partial charge in [0.15, 0.2) is 12.1 Å². The first-order valence-electron chi connectivity index (χ1n) is 9.66. The Labute approximate surface area is 153 Å². The maximum absolute atomic E-state index is 13.3. The lowest BCUT2D eigenvalue weighted by Crippen LogP contribution is -2.60. The van der Waals surface area contributed by atoms with Crippen molar-refractivity contribution in [3.05, 3.63) is 11.6 Å². The van der Waals surface area contributed by atoms with E-state index >= 15 is 0 Å². The summed E-state index contributed by atoms with van der Waals surface area (Å²) in [4.78, 5) is 48.5. The van der Waals surface area contributed by atoms with Crippen molar-refractivity contribution < 1.29 is 24.3 Å². The molecule has 0 amide bonds. The average Bonchev–Trinajstić information content (AvgIpc) is 2.86. The summed E-state index contributed by atoms with van der Waals surface area (Å²) in [6.45, 7) is 3.93. The van der Waals surface area contributed by atoms with Crippen molar-refractivity contribution >= 4 is 23.6 Å². The second kappa shape index (κ2) is 5.44. The molecule has 0 radical (unpaired) electrons. The van der Waals surface area contributed by atoms with Crippen LogP contribution >= 0.6 is 0 Å². The lowest BCUT2D eigenvalue weighted by molar-refractivity contribution is -0.169. The molecule has 0 bridgehead atoms. The zero-order valence-electron chi connectivity index (χ0n) is 15.4. The third kappa shape index (κ3) is 2.01. The number of hydrogen-bond acceptors (Lipinski definition) is 5. The number of aldehydes is 1. The topological polar surface area (TPSA) is 88.5 Å². The quantitative estimate of drug-likeness (QED) is 0.604. The number of allylic oxidation sites excluding steroid dienone is 1. The minimum atomic E-state index is -1.72. The summed E-state index contributed by atoms with van der Waals surface area (Å²) in [5, 5.41) is 11.1. The molecular formula is C21H26O5. The molecule has 0 heterocycles. The van der Waals surface area contributed by atoms with Crippen molar-refractivity contribution in [2.75, 3.05) is 0 Å². The molecular weight excluding hydrogens is 332 g/mol. The minimum Gasteiger partial charge on any atom is -0.381 e. The lowest BCUT2D eigenvalue weighted by atomic mass is 9.46. The van der Waals surface area contributed by atoms with E-state index in [9.17, 15) is 24.3 Å². The van der Waals surface area contributed by atoms with Crippen LogP contribution in [0.3, 0.4) is 0 Å². The van der Waals surface area contributed by atoms with Crippen molar-refractivity contribution in [2.45, 2.75) is 64.4 Å². The van der Waals surface area contributed by atoms with Crippen molar-refractivity contribution in [3.63, 3.8) is 0 Å². The summed E-state index contributed by atoms with van der Waals surface area (Å²) in [6, 6.07) is 0. The second-order valence-corrected chi connectivity index (χ2v) is 9.28. The van der Waals surface area contributed by atoms with E-state index in [4.69, 9.17) is 0 Å². The highest BCUT2D eigenvalue weighted by molar-refractivity contribution is 6.29. The van der Waals surface area contributed by atoms with Gasteiger partial charge in [0.05, 0.1) is 0 Å². The molecule has 1 N–H and O–H groups in total. The van der Waals surface area contributed by atoms with Crippen molar-refractivity contribution in [1.29, 1.82) is 0 Å². The van der Waals surface area contributed by atoms with E-state index in [1.165, 1.54) is 0 Å². The Morgan fingerprint density at radius 1 is 1.19 bits per heavy atom. The fraction of sp³-hybridized carbons (Fsp3) is 0.714. The number of ketones is 3. The molecule has 0 aromatic carbocycles. The molecule has 3 fully saturated rings. The van der Waals surface area contributed by atoms with Gasteiger partial charge in [-0.2, -0.15) is 0 Å². The third-order valence-corrected chi connectivity index (χ3v) is 8.32. The smallest absolute Gasteiger partial charge is 0.227 e. The summed E-state index contributed by atoms with van der Waals surface area (Å²) >= 11 is 0. The van der Waals surface area contributed by atoms with Gasteiger partial charge in [0.25, 0.3) is 0 Å². The Hall–Kier alpha value is -1.62. The van der Waals surface area contributed by atoms with E-state index in [0.717, 1.165) is 18.4 Å². The summed E-state index contributed by atoms with van der Waals surface area (Å²) in [5.74, 6) is -0.562. The van der Waals surface area contributed by atoms with Crippen LogP contribution in [0, 0.1) is 28.6 Å². The molecule has 3 saturated carbocycles. The Kier molecular flexibility index (Phi) is 3.72. The van der Waals surface area contributed by atoms with Gasteiger partial charge in [-0.3, -0.25) is 19.2 Å². The molecule has 5 heteroatoms. The predicted molar refractivity (Wildman–Crippen MR) is 93.1 cm³/mol. The largest absolute Gasteiger partial charge is 0.381 e. The summed E-state index contributed by atoms with van der Waals surface area (Å²) in [5.41, 5.74) is -1.78. The van der Waals surface area contributed by atoms with Gasteiger partial charge in [-0.05, 0) is 55.4 Å². The summed E-state index contributed by atoms with van der Waals surface area (Å²) < 4.78 is 0. The number of Topliss-reactive ketones (excluding diaryl/α,β-unsaturated/α-hetero) is 2. The SMILES string of the molecule is C[C@]12CCC(=O)C=C1CC[C@@H]1[C@@H]2C(=O)C[C@@]2(C)[C@H]1CC[C@]2(O)C(=O)C=O. The number of hydrogen-bond donors (Lipinski definition) is 1. The first kappa shape index (κ1) is 17.8. The average molecular weight is 358 g/mol. The number of aliphatic hydroxyl groups is 1. The molecule has 0 saturated heterocycles. The van der Waals surface area contributed by atoms with E-state index in [1.807, 2.05) is 6.92 Å². The first-order chi connectivity index (χ1) is 12.2. The third-order valence-electron chi connectivity index (χ3n) is 8.32. The molecule has 26 heavy (non-hydrogen) atoms. The van der Waals surface area contributed by atoms with E-state index in [-0.39, 0.29) is 53.9 Å². The van der Waals surface area contributed by atoms with Gasteiger partial charge < -0.3 is 5.11 Å². The van der Waals surface area contributed by atoms with Gasteiger partial charge in [0.2, 0.25) is 5.78 Å². The van der Waals surface area contributed by atoms with Crippen LogP contribution < -0.4 is 0 Å². The number of fused-ring (bicyclic) bond motifs is 5. The highest BCUT2D eigenvalue weighted by atomic mass is 16.3. The van der Waals surface area contributed by atoms with Crippen LogP contribution in [0.2, 0.25) is 0 Å². The van der Waals surface area contributed by atoms with E-state index < -0.39 is 16.8 Å². The second-order valence-electron chi connectivity index (χ2n) is 9.28. The Morgan fingerprint density at radius 3 is 2.62 bits per heavy atom. The van der Waals surface area contributed by atoms with Crippen LogP contribution in [0.5, 0.6) is 0 Å². The predicted octanol–water partition coefficient (Wildman–Crippen LogP) is 2.20. The number of carbonyl (C=O) groups excluding carboxylic acids is 4. The molecule has 0 aromatic heterocycles. The Balaban J connectivity index is 1.76. The maximum Gasteiger partial charge on any atom is 0.227 e. The fourth-order valence-electron chi connectivity index (χ4n) is 6.89. The van der Waals surface area contributed by atoms with Gasteiger partial charge in [-0.15, -0.1) is 0 Å². The van der Waals surface area contributed by atoms with Crippen molar-refractivity contribution in [3.8, 4) is 0 Å². The monoisotopic (exact) mass is 358 g/mol. The van der Waals surface area contributed by atoms with Crippen LogP contribution in [0.15, 0.2) is 11.6 Å². The zero-order chi connectivity index (χ0) is 18.9. The van der Waals surface area contributed by atoms with Crippen LogP contribution in [0.1, 0.15) is 58.8 Å². The standard InChI is InChI=1S/C21H26O5/c1-19-7-5-13(23)9-12(19)3-4-14-15-6-8-21(26,17(25)11-22)20(15,2)10-16(24)18(14)19/h9,11,14-15,18,26H,3-8,10H2,1-2H3/t14-,15-,18+,19-,20-,21-/m0/s1. The molecule has 0 spiro atoms. The Bertz CT molecular complexity index is 752. The highest BCUT2D eigenvalue weighted by Gasteiger charge is 2.68. The van der Waals surface area contributed by atoms with Crippen LogP contribution in [-0.4, -0.2) is 34.3 Å². The maximum atomic E-state index is 13.3. The van der Waals surface area contributed by atoms with Crippen LogP contribution in [0.25, 0.3) is 0 Å². The minimum absolute atomic E-state index is 0.0510. The highest BCUT2D eigenvalue weighted by Crippen LogP contribution is 2.66. The molecule has 4 aliphatic carbocycles. The van der Waals surface area contributed by atoms with Gasteiger partial charge in [-0.1, -0.05) is 19.4 Å². The van der Waals surface area contributed by atoms with Gasteiger partial charge in [0.1, 0.15) is 11.4 Å². The molecule has 140 valence electrons. The normalized spacial score (nSPS) is 47.5. The van der Waals surface area contributed by atoms with E-state index in [0.29, 0.717) is 19.3 Å². The first-order valence-corrected chi connectivity index (χ1v) is 9.66. The molecule has 5 nitrogen and oxygen atoms in total. The molecule has 4 rings (SSSR count).